The SMILES string of the molecule is O=C(NCC1CCCO1)Nc1cccc(Cl)c1F. The van der Waals surface area contributed by atoms with Crippen LogP contribution in [0.15, 0.2) is 18.2 Å². The Labute approximate surface area is 109 Å². The average Bonchev–Trinajstić information content (AvgIpc) is 2.86. The van der Waals surface area contributed by atoms with Crippen molar-refractivity contribution in [3.05, 3.63) is 29.0 Å². The highest BCUT2D eigenvalue weighted by Gasteiger charge is 2.16. The molecule has 1 aromatic carbocycles. The van der Waals surface area contributed by atoms with Gasteiger partial charge in [-0.3, -0.25) is 0 Å². The monoisotopic (exact) mass is 272 g/mol. The number of amides is 2. The summed E-state index contributed by atoms with van der Waals surface area (Å²) in [7, 11) is 0. The molecule has 18 heavy (non-hydrogen) atoms. The standard InChI is InChI=1S/C12H14ClFN2O2/c13-9-4-1-5-10(11(9)14)16-12(17)15-7-8-3-2-6-18-8/h1,4-5,8H,2-3,6-7H2,(H2,15,16,17). The van der Waals surface area contributed by atoms with E-state index in [1.807, 2.05) is 0 Å². The van der Waals surface area contributed by atoms with Crippen LogP contribution in [0.4, 0.5) is 14.9 Å². The number of ether oxygens (including phenoxy) is 1. The number of nitrogens with one attached hydrogen (secondary N) is 2. The number of urea groups is 1. The smallest absolute Gasteiger partial charge is 0.319 e. The van der Waals surface area contributed by atoms with Gasteiger partial charge in [0.1, 0.15) is 0 Å². The van der Waals surface area contributed by atoms with Gasteiger partial charge in [-0.1, -0.05) is 17.7 Å². The lowest BCUT2D eigenvalue weighted by Gasteiger charge is -2.12. The van der Waals surface area contributed by atoms with Crippen molar-refractivity contribution < 1.29 is 13.9 Å². The molecule has 1 aliphatic rings. The Morgan fingerprint density at radius 2 is 2.39 bits per heavy atom. The van der Waals surface area contributed by atoms with Gasteiger partial charge in [0.15, 0.2) is 5.82 Å². The zero-order chi connectivity index (χ0) is 13.0. The summed E-state index contributed by atoms with van der Waals surface area (Å²) in [6.07, 6.45) is 2.00. The van der Waals surface area contributed by atoms with Gasteiger partial charge >= 0.3 is 6.03 Å². The Kier molecular flexibility index (Phi) is 4.38. The van der Waals surface area contributed by atoms with Crippen LogP contribution in [0.2, 0.25) is 5.02 Å². The highest BCUT2D eigenvalue weighted by Crippen LogP contribution is 2.21. The van der Waals surface area contributed by atoms with Crippen molar-refractivity contribution >= 4 is 23.3 Å². The lowest BCUT2D eigenvalue weighted by molar-refractivity contribution is 0.112. The van der Waals surface area contributed by atoms with E-state index in [1.165, 1.54) is 12.1 Å². The molecule has 98 valence electrons. The van der Waals surface area contributed by atoms with Gasteiger partial charge in [0.2, 0.25) is 0 Å². The fourth-order valence-electron chi connectivity index (χ4n) is 1.78. The fourth-order valence-corrected chi connectivity index (χ4v) is 1.95. The molecule has 2 rings (SSSR count). The third kappa shape index (κ3) is 3.34. The Morgan fingerprint density at radius 3 is 3.11 bits per heavy atom. The van der Waals surface area contributed by atoms with Crippen molar-refractivity contribution in [3.63, 3.8) is 0 Å². The quantitative estimate of drug-likeness (QED) is 0.889. The summed E-state index contributed by atoms with van der Waals surface area (Å²) in [5.41, 5.74) is 0.0624. The molecule has 1 aliphatic heterocycles. The number of hydrogen-bond acceptors (Lipinski definition) is 2. The van der Waals surface area contributed by atoms with Crippen LogP contribution < -0.4 is 10.6 Å². The molecule has 1 atom stereocenters. The first-order valence-electron chi connectivity index (χ1n) is 5.77. The van der Waals surface area contributed by atoms with Crippen molar-refractivity contribution in [2.24, 2.45) is 0 Å². The van der Waals surface area contributed by atoms with Crippen molar-refractivity contribution in [2.75, 3.05) is 18.5 Å². The highest BCUT2D eigenvalue weighted by atomic mass is 35.5. The molecule has 1 fully saturated rings. The van der Waals surface area contributed by atoms with E-state index >= 15 is 0 Å². The van der Waals surface area contributed by atoms with E-state index in [0.717, 1.165) is 19.4 Å². The molecular formula is C12H14ClFN2O2. The van der Waals surface area contributed by atoms with E-state index in [2.05, 4.69) is 10.6 Å². The number of benzene rings is 1. The number of carbonyl (C=O) groups is 1. The van der Waals surface area contributed by atoms with Gasteiger partial charge in [-0.2, -0.15) is 0 Å². The van der Waals surface area contributed by atoms with Crippen molar-refractivity contribution in [2.45, 2.75) is 18.9 Å². The molecule has 0 saturated carbocycles. The number of halogens is 2. The summed E-state index contributed by atoms with van der Waals surface area (Å²) in [6, 6.07) is 3.98. The van der Waals surface area contributed by atoms with Gasteiger partial charge < -0.3 is 15.4 Å². The number of hydrogen-bond donors (Lipinski definition) is 2. The molecule has 0 aliphatic carbocycles. The van der Waals surface area contributed by atoms with Crippen molar-refractivity contribution in [3.8, 4) is 0 Å². The number of carbonyl (C=O) groups excluding carboxylic acids is 1. The first kappa shape index (κ1) is 13.1. The molecule has 1 saturated heterocycles. The molecule has 0 radical (unpaired) electrons. The second-order valence-electron chi connectivity index (χ2n) is 4.07. The van der Waals surface area contributed by atoms with Crippen LogP contribution in [0, 0.1) is 5.82 Å². The molecule has 0 spiro atoms. The van der Waals surface area contributed by atoms with E-state index < -0.39 is 11.8 Å². The van der Waals surface area contributed by atoms with Crippen LogP contribution in [0.3, 0.4) is 0 Å². The van der Waals surface area contributed by atoms with E-state index in [1.54, 1.807) is 6.07 Å². The van der Waals surface area contributed by atoms with Gasteiger partial charge in [0, 0.05) is 13.2 Å². The first-order chi connectivity index (χ1) is 8.66. The normalized spacial score (nSPS) is 18.7. The molecule has 0 aromatic heterocycles. The minimum absolute atomic E-state index is 0.0214. The maximum absolute atomic E-state index is 13.5. The number of rotatable bonds is 3. The largest absolute Gasteiger partial charge is 0.376 e. The van der Waals surface area contributed by atoms with Crippen molar-refractivity contribution in [1.29, 1.82) is 0 Å². The predicted molar refractivity (Wildman–Crippen MR) is 67.4 cm³/mol. The molecular weight excluding hydrogens is 259 g/mol. The predicted octanol–water partition coefficient (Wildman–Crippen LogP) is 2.78. The van der Waals surface area contributed by atoms with Gasteiger partial charge in [-0.25, -0.2) is 9.18 Å². The summed E-state index contributed by atoms with van der Waals surface area (Å²) in [5, 5.41) is 5.02. The average molecular weight is 273 g/mol. The van der Waals surface area contributed by atoms with Gasteiger partial charge in [-0.05, 0) is 25.0 Å². The van der Waals surface area contributed by atoms with Crippen LogP contribution in [-0.2, 0) is 4.74 Å². The third-order valence-corrected chi connectivity index (χ3v) is 3.01. The molecule has 2 amide bonds. The zero-order valence-electron chi connectivity index (χ0n) is 9.71. The Morgan fingerprint density at radius 1 is 1.56 bits per heavy atom. The zero-order valence-corrected chi connectivity index (χ0v) is 10.5. The van der Waals surface area contributed by atoms with Crippen molar-refractivity contribution in [1.82, 2.24) is 5.32 Å². The van der Waals surface area contributed by atoms with E-state index in [0.29, 0.717) is 6.54 Å². The Balaban J connectivity index is 1.84. The van der Waals surface area contributed by atoms with E-state index in [-0.39, 0.29) is 16.8 Å². The summed E-state index contributed by atoms with van der Waals surface area (Å²) in [4.78, 5) is 11.5. The maximum Gasteiger partial charge on any atom is 0.319 e. The van der Waals surface area contributed by atoms with Gasteiger partial charge in [-0.15, -0.1) is 0 Å². The summed E-state index contributed by atoms with van der Waals surface area (Å²) in [5.74, 6) is -0.633. The summed E-state index contributed by atoms with van der Waals surface area (Å²) < 4.78 is 18.9. The Hall–Kier alpha value is -1.33. The van der Waals surface area contributed by atoms with Crippen LogP contribution in [0.1, 0.15) is 12.8 Å². The second-order valence-corrected chi connectivity index (χ2v) is 4.48. The molecule has 6 heteroatoms. The van der Waals surface area contributed by atoms with Gasteiger partial charge in [0.25, 0.3) is 0 Å². The second kappa shape index (κ2) is 6.02. The minimum Gasteiger partial charge on any atom is -0.376 e. The summed E-state index contributed by atoms with van der Waals surface area (Å²) in [6.45, 7) is 1.16. The van der Waals surface area contributed by atoms with E-state index in [9.17, 15) is 9.18 Å². The molecule has 0 bridgehead atoms. The summed E-state index contributed by atoms with van der Waals surface area (Å²) >= 11 is 5.61. The van der Waals surface area contributed by atoms with Crippen LogP contribution >= 0.6 is 11.6 Å². The third-order valence-electron chi connectivity index (χ3n) is 2.71. The Bertz CT molecular complexity index is 436. The van der Waals surface area contributed by atoms with Crippen LogP contribution in [0.5, 0.6) is 0 Å². The van der Waals surface area contributed by atoms with E-state index in [4.69, 9.17) is 16.3 Å². The molecule has 1 unspecified atom stereocenters. The lowest BCUT2D eigenvalue weighted by atomic mass is 10.2. The van der Waals surface area contributed by atoms with Crippen LogP contribution in [0.25, 0.3) is 0 Å². The highest BCUT2D eigenvalue weighted by molar-refractivity contribution is 6.31. The minimum atomic E-state index is -0.633. The van der Waals surface area contributed by atoms with Gasteiger partial charge in [0.05, 0.1) is 16.8 Å². The molecule has 2 N–H and O–H groups in total. The van der Waals surface area contributed by atoms with Crippen LogP contribution in [-0.4, -0.2) is 25.3 Å². The maximum atomic E-state index is 13.5. The molecule has 1 aromatic rings. The topological polar surface area (TPSA) is 50.4 Å². The lowest BCUT2D eigenvalue weighted by Crippen LogP contribution is -2.35. The first-order valence-corrected chi connectivity index (χ1v) is 6.15. The number of anilines is 1. The molecule has 1 heterocycles. The fraction of sp³-hybridized carbons (Fsp3) is 0.417. The molecule has 4 nitrogen and oxygen atoms in total.